The molecule has 102 valence electrons. The molecular formula is C17H24OSi. The molecule has 0 amide bonds. The van der Waals surface area contributed by atoms with Gasteiger partial charge in [0.25, 0.3) is 0 Å². The van der Waals surface area contributed by atoms with Crippen LogP contribution < -0.4 is 0 Å². The summed E-state index contributed by atoms with van der Waals surface area (Å²) in [6.07, 6.45) is 8.10. The fourth-order valence-corrected chi connectivity index (χ4v) is 4.26. The van der Waals surface area contributed by atoms with Crippen molar-refractivity contribution in [3.8, 4) is 0 Å². The molecule has 0 saturated heterocycles. The minimum atomic E-state index is 0.782. The van der Waals surface area contributed by atoms with Crippen molar-refractivity contribution in [1.82, 2.24) is 0 Å². The Morgan fingerprint density at radius 3 is 2.53 bits per heavy atom. The second kappa shape index (κ2) is 5.16. The molecule has 1 saturated carbocycles. The van der Waals surface area contributed by atoms with Gasteiger partial charge in [-0.3, -0.25) is 0 Å². The van der Waals surface area contributed by atoms with E-state index in [1.165, 1.54) is 60.1 Å². The van der Waals surface area contributed by atoms with Crippen LogP contribution in [0.2, 0.25) is 0 Å². The van der Waals surface area contributed by atoms with E-state index in [2.05, 4.69) is 26.0 Å². The maximum atomic E-state index is 5.96. The summed E-state index contributed by atoms with van der Waals surface area (Å²) in [6, 6.07) is 4.58. The Morgan fingerprint density at radius 2 is 1.84 bits per heavy atom. The lowest BCUT2D eigenvalue weighted by Crippen LogP contribution is -2.10. The minimum absolute atomic E-state index is 0.782. The van der Waals surface area contributed by atoms with Gasteiger partial charge in [-0.1, -0.05) is 31.4 Å². The standard InChI is InChI=1S/C17H24OSi/c1-11-8-9-14-10-15(13-6-4-3-5-7-13)17(18-19)16(14)12(11)2/h8-9,13H,3-7,10H2,1-2,19H3. The number of aryl methyl sites for hydroxylation is 1. The van der Waals surface area contributed by atoms with Crippen LogP contribution in [0.3, 0.4) is 0 Å². The normalized spacial score (nSPS) is 19.9. The van der Waals surface area contributed by atoms with Gasteiger partial charge < -0.3 is 4.43 Å². The second-order valence-corrected chi connectivity index (χ2v) is 6.52. The summed E-state index contributed by atoms with van der Waals surface area (Å²) in [6.45, 7) is 4.46. The van der Waals surface area contributed by atoms with E-state index >= 15 is 0 Å². The number of rotatable bonds is 2. The highest BCUT2D eigenvalue weighted by molar-refractivity contribution is 6.02. The zero-order valence-electron chi connectivity index (χ0n) is 12.4. The third-order valence-electron chi connectivity index (χ3n) is 5.02. The lowest BCUT2D eigenvalue weighted by Gasteiger charge is -2.24. The van der Waals surface area contributed by atoms with Crippen molar-refractivity contribution < 1.29 is 4.43 Å². The Balaban J connectivity index is 2.03. The van der Waals surface area contributed by atoms with E-state index in [1.807, 2.05) is 0 Å². The average Bonchev–Trinajstić information content (AvgIpc) is 2.83. The van der Waals surface area contributed by atoms with Crippen molar-refractivity contribution >= 4 is 16.2 Å². The van der Waals surface area contributed by atoms with Crippen LogP contribution in [0.1, 0.15) is 54.4 Å². The van der Waals surface area contributed by atoms with Crippen LogP contribution in [0.4, 0.5) is 0 Å². The van der Waals surface area contributed by atoms with Crippen LogP contribution in [-0.4, -0.2) is 10.5 Å². The van der Waals surface area contributed by atoms with Crippen LogP contribution in [0.25, 0.3) is 5.76 Å². The highest BCUT2D eigenvalue weighted by Gasteiger charge is 2.30. The van der Waals surface area contributed by atoms with E-state index in [4.69, 9.17) is 4.43 Å². The monoisotopic (exact) mass is 272 g/mol. The molecule has 3 rings (SSSR count). The van der Waals surface area contributed by atoms with Crippen molar-refractivity contribution in [2.75, 3.05) is 0 Å². The maximum Gasteiger partial charge on any atom is 0.204 e. The topological polar surface area (TPSA) is 9.23 Å². The van der Waals surface area contributed by atoms with Crippen LogP contribution in [0.5, 0.6) is 0 Å². The number of hydrogen-bond donors (Lipinski definition) is 0. The molecule has 0 aliphatic heterocycles. The van der Waals surface area contributed by atoms with Gasteiger partial charge in [0.15, 0.2) is 0 Å². The molecular weight excluding hydrogens is 248 g/mol. The molecule has 2 aliphatic carbocycles. The summed E-state index contributed by atoms with van der Waals surface area (Å²) in [7, 11) is 0.797. The first-order chi connectivity index (χ1) is 9.22. The third kappa shape index (κ3) is 2.16. The Morgan fingerprint density at radius 1 is 1.11 bits per heavy atom. The van der Waals surface area contributed by atoms with Gasteiger partial charge in [-0.15, -0.1) is 0 Å². The smallest absolute Gasteiger partial charge is 0.204 e. The summed E-state index contributed by atoms with van der Waals surface area (Å²) in [4.78, 5) is 0. The van der Waals surface area contributed by atoms with Crippen molar-refractivity contribution in [3.63, 3.8) is 0 Å². The molecule has 2 heteroatoms. The lowest BCUT2D eigenvalue weighted by molar-refractivity contribution is 0.394. The molecule has 1 fully saturated rings. The SMILES string of the molecule is Cc1ccc2c(c1C)C(O[SiH3])=C(C1CCCCC1)C2. The first-order valence-corrected chi connectivity index (χ1v) is 8.40. The third-order valence-corrected chi connectivity index (χ3v) is 5.43. The first kappa shape index (κ1) is 13.0. The molecule has 2 aliphatic rings. The first-order valence-electron chi connectivity index (χ1n) is 7.59. The molecule has 19 heavy (non-hydrogen) atoms. The molecule has 0 N–H and O–H groups in total. The quantitative estimate of drug-likeness (QED) is 0.749. The highest BCUT2D eigenvalue weighted by atomic mass is 28.2. The fourth-order valence-electron chi connectivity index (χ4n) is 3.80. The predicted octanol–water partition coefficient (Wildman–Crippen LogP) is 3.45. The fraction of sp³-hybridized carbons (Fsp3) is 0.529. The zero-order chi connectivity index (χ0) is 13.4. The van der Waals surface area contributed by atoms with Gasteiger partial charge in [0.2, 0.25) is 10.5 Å². The van der Waals surface area contributed by atoms with E-state index in [0.29, 0.717) is 0 Å². The van der Waals surface area contributed by atoms with Gasteiger partial charge in [-0.25, -0.2) is 0 Å². The molecule has 0 unspecified atom stereocenters. The average molecular weight is 272 g/mol. The molecule has 0 heterocycles. The van der Waals surface area contributed by atoms with E-state index < -0.39 is 0 Å². The second-order valence-electron chi connectivity index (χ2n) is 6.11. The van der Waals surface area contributed by atoms with Crippen LogP contribution in [0.15, 0.2) is 17.7 Å². The van der Waals surface area contributed by atoms with Crippen LogP contribution in [0, 0.1) is 19.8 Å². The molecule has 0 atom stereocenters. The van der Waals surface area contributed by atoms with Crippen molar-refractivity contribution in [2.45, 2.75) is 52.4 Å². The van der Waals surface area contributed by atoms with E-state index in [9.17, 15) is 0 Å². The van der Waals surface area contributed by atoms with Gasteiger partial charge >= 0.3 is 0 Å². The molecule has 1 nitrogen and oxygen atoms in total. The molecule has 1 aromatic carbocycles. The van der Waals surface area contributed by atoms with Gasteiger partial charge in [0, 0.05) is 5.56 Å². The minimum Gasteiger partial charge on any atom is -0.553 e. The van der Waals surface area contributed by atoms with Crippen molar-refractivity contribution in [3.05, 3.63) is 40.0 Å². The number of fused-ring (bicyclic) bond motifs is 1. The van der Waals surface area contributed by atoms with Crippen molar-refractivity contribution in [2.24, 2.45) is 5.92 Å². The molecule has 0 bridgehead atoms. The Hall–Kier alpha value is -1.02. The molecule has 0 radical (unpaired) electrons. The highest BCUT2D eigenvalue weighted by Crippen LogP contribution is 2.43. The Bertz CT molecular complexity index is 524. The molecule has 0 aromatic heterocycles. The van der Waals surface area contributed by atoms with E-state index in [1.54, 1.807) is 5.57 Å². The van der Waals surface area contributed by atoms with E-state index in [-0.39, 0.29) is 0 Å². The van der Waals surface area contributed by atoms with Gasteiger partial charge in [0.05, 0.1) is 0 Å². The lowest BCUT2D eigenvalue weighted by atomic mass is 9.83. The number of allylic oxidation sites excluding steroid dienone is 1. The van der Waals surface area contributed by atoms with Crippen LogP contribution in [-0.2, 0) is 10.8 Å². The summed E-state index contributed by atoms with van der Waals surface area (Å²) >= 11 is 0. The van der Waals surface area contributed by atoms with E-state index in [0.717, 1.165) is 22.8 Å². The summed E-state index contributed by atoms with van der Waals surface area (Å²) in [5.41, 5.74) is 7.34. The Kier molecular flexibility index (Phi) is 3.53. The largest absolute Gasteiger partial charge is 0.553 e. The van der Waals surface area contributed by atoms with Crippen LogP contribution >= 0.6 is 0 Å². The summed E-state index contributed by atoms with van der Waals surface area (Å²) in [5.74, 6) is 2.04. The van der Waals surface area contributed by atoms with Gasteiger partial charge in [-0.2, -0.15) is 0 Å². The molecule has 0 spiro atoms. The maximum absolute atomic E-state index is 5.96. The molecule has 1 aromatic rings. The summed E-state index contributed by atoms with van der Waals surface area (Å²) in [5, 5.41) is 0. The number of benzene rings is 1. The Labute approximate surface area is 119 Å². The zero-order valence-corrected chi connectivity index (χ0v) is 14.4. The predicted molar refractivity (Wildman–Crippen MR) is 84.1 cm³/mol. The van der Waals surface area contributed by atoms with Gasteiger partial charge in [0.1, 0.15) is 5.76 Å². The van der Waals surface area contributed by atoms with Gasteiger partial charge in [-0.05, 0) is 61.3 Å². The van der Waals surface area contributed by atoms with Crippen molar-refractivity contribution in [1.29, 1.82) is 0 Å². The summed E-state index contributed by atoms with van der Waals surface area (Å²) < 4.78 is 5.96. The number of hydrogen-bond acceptors (Lipinski definition) is 1.